The van der Waals surface area contributed by atoms with Gasteiger partial charge in [0.1, 0.15) is 5.75 Å². The molecule has 0 aliphatic carbocycles. The number of nitrogens with zero attached hydrogens (tertiary/aromatic N) is 2. The SMILES string of the molecule is Cc1ccc(OC[C@H]2C[C@@H](C)N(CC(CO)c3cc(Cl)cc(C#N)c3)C2)cc1. The molecule has 3 atom stereocenters. The van der Waals surface area contributed by atoms with Crippen LogP contribution in [0, 0.1) is 24.2 Å². The fraction of sp³-hybridized carbons (Fsp3) is 0.435. The summed E-state index contributed by atoms with van der Waals surface area (Å²) in [5.74, 6) is 1.31. The van der Waals surface area contributed by atoms with Gasteiger partial charge in [0.2, 0.25) is 0 Å². The number of aliphatic hydroxyl groups excluding tert-OH is 1. The summed E-state index contributed by atoms with van der Waals surface area (Å²) in [4.78, 5) is 2.40. The first-order chi connectivity index (χ1) is 13.5. The minimum Gasteiger partial charge on any atom is -0.493 e. The van der Waals surface area contributed by atoms with Gasteiger partial charge in [-0.3, -0.25) is 4.90 Å². The van der Waals surface area contributed by atoms with E-state index < -0.39 is 0 Å². The summed E-state index contributed by atoms with van der Waals surface area (Å²) < 4.78 is 5.97. The molecule has 2 aromatic carbocycles. The number of halogens is 1. The van der Waals surface area contributed by atoms with E-state index >= 15 is 0 Å². The van der Waals surface area contributed by atoms with Gasteiger partial charge in [0.25, 0.3) is 0 Å². The van der Waals surface area contributed by atoms with Crippen LogP contribution in [0.1, 0.15) is 36.0 Å². The molecule has 28 heavy (non-hydrogen) atoms. The van der Waals surface area contributed by atoms with Gasteiger partial charge in [0.05, 0.1) is 24.8 Å². The van der Waals surface area contributed by atoms with Gasteiger partial charge < -0.3 is 9.84 Å². The summed E-state index contributed by atoms with van der Waals surface area (Å²) in [6, 6.07) is 16.0. The van der Waals surface area contributed by atoms with E-state index in [2.05, 4.69) is 36.9 Å². The Hall–Kier alpha value is -2.06. The summed E-state index contributed by atoms with van der Waals surface area (Å²) in [6.07, 6.45) is 1.07. The van der Waals surface area contributed by atoms with Gasteiger partial charge in [0, 0.05) is 36.0 Å². The van der Waals surface area contributed by atoms with Crippen LogP contribution in [0.15, 0.2) is 42.5 Å². The van der Waals surface area contributed by atoms with Crippen LogP contribution in [-0.4, -0.2) is 42.4 Å². The zero-order valence-corrected chi connectivity index (χ0v) is 17.2. The summed E-state index contributed by atoms with van der Waals surface area (Å²) in [5.41, 5.74) is 2.67. The van der Waals surface area contributed by atoms with Crippen molar-refractivity contribution in [2.24, 2.45) is 5.92 Å². The third-order valence-electron chi connectivity index (χ3n) is 5.49. The van der Waals surface area contributed by atoms with Crippen molar-refractivity contribution < 1.29 is 9.84 Å². The molecule has 0 bridgehead atoms. The molecule has 5 heteroatoms. The molecule has 1 unspecified atom stereocenters. The molecule has 1 fully saturated rings. The second-order valence-electron chi connectivity index (χ2n) is 7.79. The van der Waals surface area contributed by atoms with E-state index in [1.807, 2.05) is 24.3 Å². The molecule has 0 amide bonds. The van der Waals surface area contributed by atoms with Gasteiger partial charge in [-0.25, -0.2) is 0 Å². The molecular formula is C23H27ClN2O2. The lowest BCUT2D eigenvalue weighted by molar-refractivity contribution is 0.188. The highest BCUT2D eigenvalue weighted by atomic mass is 35.5. The van der Waals surface area contributed by atoms with E-state index in [-0.39, 0.29) is 12.5 Å². The number of ether oxygens (including phenoxy) is 1. The van der Waals surface area contributed by atoms with Crippen LogP contribution in [0.2, 0.25) is 5.02 Å². The molecule has 2 aromatic rings. The van der Waals surface area contributed by atoms with E-state index in [1.54, 1.807) is 6.07 Å². The first kappa shape index (κ1) is 20.7. The second kappa shape index (κ2) is 9.43. The Morgan fingerprint density at radius 3 is 2.71 bits per heavy atom. The minimum absolute atomic E-state index is 0.0267. The number of likely N-dealkylation sites (tertiary alicyclic amines) is 1. The quantitative estimate of drug-likeness (QED) is 0.751. The maximum Gasteiger partial charge on any atom is 0.119 e. The molecule has 1 aliphatic heterocycles. The third-order valence-corrected chi connectivity index (χ3v) is 5.71. The second-order valence-corrected chi connectivity index (χ2v) is 8.23. The Morgan fingerprint density at radius 1 is 1.29 bits per heavy atom. The van der Waals surface area contributed by atoms with Crippen LogP contribution in [0.3, 0.4) is 0 Å². The monoisotopic (exact) mass is 398 g/mol. The standard InChI is InChI=1S/C23H27ClN2O2/c1-16-3-5-23(6-4-16)28-15-19-7-17(2)26(12-19)13-21(14-27)20-8-18(11-25)9-22(24)10-20/h3-6,8-10,17,19,21,27H,7,12-15H2,1-2H3/t17-,19+,21?/m1/s1. The number of rotatable bonds is 7. The van der Waals surface area contributed by atoms with E-state index in [0.29, 0.717) is 29.2 Å². The van der Waals surface area contributed by atoms with Crippen LogP contribution in [0.5, 0.6) is 5.75 Å². The molecule has 1 heterocycles. The van der Waals surface area contributed by atoms with Crippen molar-refractivity contribution in [3.8, 4) is 11.8 Å². The number of aliphatic hydroxyl groups is 1. The molecule has 0 spiro atoms. The molecule has 1 N–H and O–H groups in total. The lowest BCUT2D eigenvalue weighted by Gasteiger charge is -2.26. The first-order valence-corrected chi connectivity index (χ1v) is 10.1. The predicted molar refractivity (Wildman–Crippen MR) is 112 cm³/mol. The van der Waals surface area contributed by atoms with Crippen molar-refractivity contribution in [1.29, 1.82) is 5.26 Å². The molecule has 3 rings (SSSR count). The number of nitriles is 1. The van der Waals surface area contributed by atoms with Crippen molar-refractivity contribution in [2.45, 2.75) is 32.2 Å². The zero-order valence-electron chi connectivity index (χ0n) is 16.4. The molecule has 0 radical (unpaired) electrons. The van der Waals surface area contributed by atoms with Crippen molar-refractivity contribution in [1.82, 2.24) is 4.90 Å². The topological polar surface area (TPSA) is 56.5 Å². The van der Waals surface area contributed by atoms with Crippen molar-refractivity contribution >= 4 is 11.6 Å². The highest BCUT2D eigenvalue weighted by molar-refractivity contribution is 6.30. The molecule has 4 nitrogen and oxygen atoms in total. The highest BCUT2D eigenvalue weighted by Crippen LogP contribution is 2.29. The number of benzene rings is 2. The molecule has 0 saturated carbocycles. The van der Waals surface area contributed by atoms with Gasteiger partial charge in [0.15, 0.2) is 0 Å². The zero-order chi connectivity index (χ0) is 20.1. The third kappa shape index (κ3) is 5.26. The van der Waals surface area contributed by atoms with Gasteiger partial charge in [-0.15, -0.1) is 0 Å². The van der Waals surface area contributed by atoms with E-state index in [1.165, 1.54) is 5.56 Å². The minimum atomic E-state index is -0.0648. The van der Waals surface area contributed by atoms with E-state index in [0.717, 1.165) is 30.8 Å². The summed E-state index contributed by atoms with van der Waals surface area (Å²) in [6.45, 7) is 6.69. The van der Waals surface area contributed by atoms with Crippen molar-refractivity contribution in [3.63, 3.8) is 0 Å². The van der Waals surface area contributed by atoms with Crippen LogP contribution in [0.4, 0.5) is 0 Å². The molecule has 1 saturated heterocycles. The van der Waals surface area contributed by atoms with Gasteiger partial charge in [-0.05, 0) is 56.2 Å². The van der Waals surface area contributed by atoms with Crippen LogP contribution in [0.25, 0.3) is 0 Å². The summed E-state index contributed by atoms with van der Waals surface area (Å²) in [5, 5.41) is 19.7. The van der Waals surface area contributed by atoms with Crippen molar-refractivity contribution in [2.75, 3.05) is 26.3 Å². The molecule has 0 aromatic heterocycles. The van der Waals surface area contributed by atoms with Gasteiger partial charge in [-0.2, -0.15) is 5.26 Å². The predicted octanol–water partition coefficient (Wildman–Crippen LogP) is 4.39. The summed E-state index contributed by atoms with van der Waals surface area (Å²) in [7, 11) is 0. The first-order valence-electron chi connectivity index (χ1n) is 9.73. The fourth-order valence-electron chi connectivity index (χ4n) is 3.91. The normalized spacial score (nSPS) is 20.7. The average Bonchev–Trinajstić information content (AvgIpc) is 3.04. The van der Waals surface area contributed by atoms with Crippen molar-refractivity contribution in [3.05, 3.63) is 64.2 Å². The molecule has 148 valence electrons. The molecular weight excluding hydrogens is 372 g/mol. The van der Waals surface area contributed by atoms with E-state index in [4.69, 9.17) is 16.3 Å². The average molecular weight is 399 g/mol. The Bertz CT molecular complexity index is 831. The van der Waals surface area contributed by atoms with Crippen LogP contribution >= 0.6 is 11.6 Å². The fourth-order valence-corrected chi connectivity index (χ4v) is 4.15. The van der Waals surface area contributed by atoms with E-state index in [9.17, 15) is 10.4 Å². The largest absolute Gasteiger partial charge is 0.493 e. The lowest BCUT2D eigenvalue weighted by Crippen LogP contribution is -2.33. The number of aryl methyl sites for hydroxylation is 1. The van der Waals surface area contributed by atoms with Gasteiger partial charge >= 0.3 is 0 Å². The number of hydrogen-bond donors (Lipinski definition) is 1. The maximum atomic E-state index is 9.94. The van der Waals surface area contributed by atoms with Gasteiger partial charge in [-0.1, -0.05) is 29.3 Å². The Kier molecular flexibility index (Phi) is 6.96. The number of hydrogen-bond acceptors (Lipinski definition) is 4. The molecule has 1 aliphatic rings. The maximum absolute atomic E-state index is 9.94. The Balaban J connectivity index is 1.59. The Morgan fingerprint density at radius 2 is 2.04 bits per heavy atom. The van der Waals surface area contributed by atoms with Crippen LogP contribution < -0.4 is 4.74 Å². The van der Waals surface area contributed by atoms with Crippen LogP contribution in [-0.2, 0) is 0 Å². The lowest BCUT2D eigenvalue weighted by atomic mass is 9.97. The Labute approximate surface area is 172 Å². The highest BCUT2D eigenvalue weighted by Gasteiger charge is 2.31. The smallest absolute Gasteiger partial charge is 0.119 e. The summed E-state index contributed by atoms with van der Waals surface area (Å²) >= 11 is 6.14.